The van der Waals surface area contributed by atoms with Crippen LogP contribution < -0.4 is 4.90 Å². The Morgan fingerprint density at radius 2 is 1.86 bits per heavy atom. The number of rotatable bonds is 6. The standard InChI is InChI=1S/C26H37N7O2/c1-4-28-26(27-3)23-15-30-25(16-29-23)32-13-14-33(19(2)17-32)21-9-11-31(12-10-21)24(18-34)20-5-7-22(35)8-6-20/h4-8,15-16,19,21,24,34-35H,9-14,17-18H2,1-3H3/t19?,24-/m0/s1. The van der Waals surface area contributed by atoms with Gasteiger partial charge in [0.15, 0.2) is 5.84 Å². The number of amidine groups is 1. The number of nitrogens with zero attached hydrogens (tertiary/aromatic N) is 7. The molecule has 1 aromatic carbocycles. The number of hydrogen-bond donors (Lipinski definition) is 2. The summed E-state index contributed by atoms with van der Waals surface area (Å²) in [5.41, 5.74) is 1.73. The quantitative estimate of drug-likeness (QED) is 0.485. The van der Waals surface area contributed by atoms with E-state index in [-0.39, 0.29) is 18.4 Å². The molecule has 2 atom stereocenters. The van der Waals surface area contributed by atoms with Crippen LogP contribution in [0.1, 0.15) is 44.0 Å². The highest BCUT2D eigenvalue weighted by molar-refractivity contribution is 6.01. The largest absolute Gasteiger partial charge is 0.508 e. The summed E-state index contributed by atoms with van der Waals surface area (Å²) in [7, 11) is 1.71. The van der Waals surface area contributed by atoms with E-state index in [4.69, 9.17) is 0 Å². The van der Waals surface area contributed by atoms with Crippen LogP contribution in [0.15, 0.2) is 46.6 Å². The molecular weight excluding hydrogens is 442 g/mol. The zero-order valence-electron chi connectivity index (χ0n) is 21.0. The number of aromatic nitrogens is 2. The Morgan fingerprint density at radius 3 is 2.43 bits per heavy atom. The van der Waals surface area contributed by atoms with Crippen LogP contribution in [0.4, 0.5) is 5.82 Å². The van der Waals surface area contributed by atoms with Crippen LogP contribution in [0, 0.1) is 0 Å². The van der Waals surface area contributed by atoms with E-state index in [0.717, 1.165) is 56.9 Å². The first kappa shape index (κ1) is 25.2. The smallest absolute Gasteiger partial charge is 0.174 e. The summed E-state index contributed by atoms with van der Waals surface area (Å²) in [5, 5.41) is 19.6. The minimum Gasteiger partial charge on any atom is -0.508 e. The summed E-state index contributed by atoms with van der Waals surface area (Å²) in [5.74, 6) is 1.74. The van der Waals surface area contributed by atoms with Crippen LogP contribution >= 0.6 is 0 Å². The molecule has 2 saturated heterocycles. The summed E-state index contributed by atoms with van der Waals surface area (Å²) in [4.78, 5) is 24.9. The number of piperazine rings is 1. The molecule has 2 aliphatic rings. The van der Waals surface area contributed by atoms with Gasteiger partial charge >= 0.3 is 0 Å². The molecule has 3 heterocycles. The number of likely N-dealkylation sites (tertiary alicyclic amines) is 1. The van der Waals surface area contributed by atoms with Gasteiger partial charge in [-0.05, 0) is 44.4 Å². The first-order valence-corrected chi connectivity index (χ1v) is 12.5. The van der Waals surface area contributed by atoms with E-state index in [9.17, 15) is 10.2 Å². The predicted octanol–water partition coefficient (Wildman–Crippen LogP) is 2.36. The number of aromatic hydroxyl groups is 1. The summed E-state index contributed by atoms with van der Waals surface area (Å²) >= 11 is 0. The lowest BCUT2D eigenvalue weighted by molar-refractivity contribution is 0.0404. The van der Waals surface area contributed by atoms with Crippen LogP contribution in [0.3, 0.4) is 0 Å². The van der Waals surface area contributed by atoms with E-state index in [1.54, 1.807) is 31.6 Å². The molecule has 0 saturated carbocycles. The van der Waals surface area contributed by atoms with Crippen LogP contribution in [0.5, 0.6) is 5.75 Å². The topological polar surface area (TPSA) is 101 Å². The first-order valence-electron chi connectivity index (χ1n) is 12.5. The van der Waals surface area contributed by atoms with Crippen LogP contribution in [0.25, 0.3) is 0 Å². The monoisotopic (exact) mass is 479 g/mol. The fourth-order valence-corrected chi connectivity index (χ4v) is 5.34. The van der Waals surface area contributed by atoms with E-state index in [0.29, 0.717) is 23.6 Å². The lowest BCUT2D eigenvalue weighted by Crippen LogP contribution is -2.58. The molecule has 2 fully saturated rings. The molecule has 9 nitrogen and oxygen atoms in total. The van der Waals surface area contributed by atoms with Crippen molar-refractivity contribution in [2.45, 2.75) is 44.8 Å². The Bertz CT molecular complexity index is 1000. The van der Waals surface area contributed by atoms with Crippen molar-refractivity contribution in [1.29, 1.82) is 0 Å². The van der Waals surface area contributed by atoms with Gasteiger partial charge in [-0.3, -0.25) is 14.8 Å². The fourth-order valence-electron chi connectivity index (χ4n) is 5.34. The lowest BCUT2D eigenvalue weighted by Gasteiger charge is -2.47. The van der Waals surface area contributed by atoms with Crippen molar-refractivity contribution >= 4 is 17.9 Å². The summed E-state index contributed by atoms with van der Waals surface area (Å²) < 4.78 is 0. The van der Waals surface area contributed by atoms with Crippen LogP contribution in [0.2, 0.25) is 0 Å². The third kappa shape index (κ3) is 5.86. The number of phenolic OH excluding ortho intramolecular Hbond substituents is 1. The summed E-state index contributed by atoms with van der Waals surface area (Å²) in [6, 6.07) is 8.15. The van der Waals surface area contributed by atoms with Gasteiger partial charge in [0, 0.05) is 58.1 Å². The molecule has 0 spiro atoms. The molecule has 1 unspecified atom stereocenters. The van der Waals surface area contributed by atoms with Gasteiger partial charge in [-0.2, -0.15) is 0 Å². The molecule has 188 valence electrons. The minimum absolute atomic E-state index is 0.0198. The maximum absolute atomic E-state index is 10.0. The van der Waals surface area contributed by atoms with Crippen molar-refractivity contribution in [3.05, 3.63) is 47.9 Å². The highest BCUT2D eigenvalue weighted by atomic mass is 16.3. The number of aliphatic hydroxyl groups is 1. The van der Waals surface area contributed by atoms with E-state index < -0.39 is 0 Å². The van der Waals surface area contributed by atoms with Crippen molar-refractivity contribution in [2.24, 2.45) is 9.98 Å². The molecule has 9 heteroatoms. The van der Waals surface area contributed by atoms with Gasteiger partial charge in [0.2, 0.25) is 0 Å². The average molecular weight is 480 g/mol. The minimum atomic E-state index is -0.0198. The van der Waals surface area contributed by atoms with E-state index >= 15 is 0 Å². The Balaban J connectivity index is 1.32. The third-order valence-electron chi connectivity index (χ3n) is 7.19. The molecule has 2 aromatic rings. The van der Waals surface area contributed by atoms with E-state index in [2.05, 4.69) is 41.6 Å². The zero-order valence-corrected chi connectivity index (χ0v) is 21.0. The summed E-state index contributed by atoms with van der Waals surface area (Å²) in [6.07, 6.45) is 7.46. The molecule has 4 rings (SSSR count). The molecule has 0 amide bonds. The molecular formula is C26H37N7O2. The van der Waals surface area contributed by atoms with E-state index in [1.807, 2.05) is 25.3 Å². The molecule has 0 bridgehead atoms. The van der Waals surface area contributed by atoms with E-state index in [1.165, 1.54) is 0 Å². The summed E-state index contributed by atoms with van der Waals surface area (Å²) in [6.45, 7) is 9.00. The second kappa shape index (κ2) is 11.7. The van der Waals surface area contributed by atoms with Crippen LogP contribution in [-0.2, 0) is 0 Å². The second-order valence-corrected chi connectivity index (χ2v) is 9.28. The number of aliphatic imine (C=N–C) groups is 2. The molecule has 35 heavy (non-hydrogen) atoms. The Labute approximate surface area is 207 Å². The maximum atomic E-state index is 10.0. The Kier molecular flexibility index (Phi) is 8.43. The Hall–Kier alpha value is -2.88. The molecule has 0 radical (unpaired) electrons. The number of piperidine rings is 1. The van der Waals surface area contributed by atoms with Gasteiger partial charge in [-0.25, -0.2) is 15.0 Å². The lowest BCUT2D eigenvalue weighted by atomic mass is 9.96. The zero-order chi connectivity index (χ0) is 24.8. The molecule has 0 aliphatic carbocycles. The van der Waals surface area contributed by atoms with Crippen LogP contribution in [-0.4, -0.2) is 100 Å². The van der Waals surface area contributed by atoms with Crippen molar-refractivity contribution < 1.29 is 10.2 Å². The third-order valence-corrected chi connectivity index (χ3v) is 7.19. The van der Waals surface area contributed by atoms with Gasteiger partial charge in [-0.1, -0.05) is 12.1 Å². The highest BCUT2D eigenvalue weighted by Crippen LogP contribution is 2.29. The maximum Gasteiger partial charge on any atom is 0.174 e. The first-order chi connectivity index (χ1) is 17.0. The number of benzene rings is 1. The Morgan fingerprint density at radius 1 is 1.11 bits per heavy atom. The van der Waals surface area contributed by atoms with Gasteiger partial charge in [0.05, 0.1) is 25.0 Å². The number of anilines is 1. The number of hydrogen-bond acceptors (Lipinski definition) is 8. The second-order valence-electron chi connectivity index (χ2n) is 9.28. The fraction of sp³-hybridized carbons (Fsp3) is 0.538. The number of aliphatic hydroxyl groups excluding tert-OH is 1. The van der Waals surface area contributed by atoms with Gasteiger partial charge in [0.1, 0.15) is 17.3 Å². The van der Waals surface area contributed by atoms with Crippen molar-refractivity contribution in [3.8, 4) is 5.75 Å². The van der Waals surface area contributed by atoms with Gasteiger partial charge in [-0.15, -0.1) is 0 Å². The van der Waals surface area contributed by atoms with Gasteiger partial charge in [0.25, 0.3) is 0 Å². The van der Waals surface area contributed by atoms with Crippen molar-refractivity contribution in [3.63, 3.8) is 0 Å². The number of phenols is 1. The van der Waals surface area contributed by atoms with Gasteiger partial charge < -0.3 is 15.1 Å². The predicted molar refractivity (Wildman–Crippen MR) is 140 cm³/mol. The van der Waals surface area contributed by atoms with Crippen molar-refractivity contribution in [1.82, 2.24) is 19.8 Å². The normalized spacial score (nSPS) is 22.1. The molecule has 1 aromatic heterocycles. The highest BCUT2D eigenvalue weighted by Gasteiger charge is 2.33. The SMILES string of the molecule is CC=NC(=NC)c1cnc(N2CCN(C3CCN([C@@H](CO)c4ccc(O)cc4)CC3)C(C)C2)cn1. The average Bonchev–Trinajstić information content (AvgIpc) is 2.89. The molecule has 2 aliphatic heterocycles. The van der Waals surface area contributed by atoms with Crippen molar-refractivity contribution in [2.75, 3.05) is 51.3 Å². The molecule has 2 N–H and O–H groups in total.